The summed E-state index contributed by atoms with van der Waals surface area (Å²) in [5.74, 6) is 2.27. The van der Waals surface area contributed by atoms with Gasteiger partial charge in [0.25, 0.3) is 5.91 Å². The molecule has 1 aliphatic heterocycles. The quantitative estimate of drug-likeness (QED) is 0.433. The Hall–Kier alpha value is -2.68. The Kier molecular flexibility index (Phi) is 6.23. The van der Waals surface area contributed by atoms with Gasteiger partial charge in [-0.3, -0.25) is 14.4 Å². The van der Waals surface area contributed by atoms with E-state index < -0.39 is 0 Å². The number of anilines is 1. The second-order valence-electron chi connectivity index (χ2n) is 8.43. The summed E-state index contributed by atoms with van der Waals surface area (Å²) >= 11 is 3.63. The van der Waals surface area contributed by atoms with Crippen LogP contribution < -0.4 is 5.32 Å². The van der Waals surface area contributed by atoms with Gasteiger partial charge >= 0.3 is 0 Å². The van der Waals surface area contributed by atoms with Gasteiger partial charge in [0.15, 0.2) is 5.65 Å². The molecule has 5 rings (SSSR count). The van der Waals surface area contributed by atoms with Crippen LogP contribution in [-0.2, 0) is 13.6 Å². The third-order valence-electron chi connectivity index (χ3n) is 6.04. The van der Waals surface area contributed by atoms with Crippen LogP contribution in [0.15, 0.2) is 41.8 Å². The first-order valence-corrected chi connectivity index (χ1v) is 13.1. The fraction of sp³-hybridized carbons (Fsp3) is 0.320. The van der Waals surface area contributed by atoms with Gasteiger partial charge in [-0.05, 0) is 48.6 Å². The van der Waals surface area contributed by atoms with E-state index >= 15 is 0 Å². The predicted molar refractivity (Wildman–Crippen MR) is 138 cm³/mol. The molecule has 0 atom stereocenters. The lowest BCUT2D eigenvalue weighted by molar-refractivity contribution is 0.102. The number of thioether (sulfide) groups is 1. The summed E-state index contributed by atoms with van der Waals surface area (Å²) in [5, 5.41) is 10.5. The molecule has 0 radical (unpaired) electrons. The standard InChI is InChI=1S/C25H27N5OS2/c1-16-13-18(15-30-8-11-32-12-9-30)6-7-20(16)27-25(31)19-14-21(22-5-4-10-33-22)26-24-23(19)17(2)28-29(24)3/h4-7,10,13-14H,8-9,11-12,15H2,1-3H3,(H,27,31). The van der Waals surface area contributed by atoms with Crippen molar-refractivity contribution < 1.29 is 4.79 Å². The maximum Gasteiger partial charge on any atom is 0.256 e. The Labute approximate surface area is 202 Å². The van der Waals surface area contributed by atoms with Crippen LogP contribution in [0.1, 0.15) is 27.2 Å². The smallest absolute Gasteiger partial charge is 0.256 e. The molecule has 0 aliphatic carbocycles. The number of carbonyl (C=O) groups is 1. The number of rotatable bonds is 5. The number of fused-ring (bicyclic) bond motifs is 1. The van der Waals surface area contributed by atoms with Crippen LogP contribution in [0.4, 0.5) is 5.69 Å². The van der Waals surface area contributed by atoms with Crippen molar-refractivity contribution in [3.05, 3.63) is 64.2 Å². The van der Waals surface area contributed by atoms with Crippen LogP contribution in [0.2, 0.25) is 0 Å². The first kappa shape index (κ1) is 22.1. The van der Waals surface area contributed by atoms with Crippen molar-refractivity contribution in [1.29, 1.82) is 0 Å². The number of nitrogens with zero attached hydrogens (tertiary/aromatic N) is 4. The van der Waals surface area contributed by atoms with E-state index in [2.05, 4.69) is 34.4 Å². The molecule has 6 nitrogen and oxygen atoms in total. The highest BCUT2D eigenvalue weighted by Gasteiger charge is 2.20. The molecule has 8 heteroatoms. The minimum atomic E-state index is -0.139. The fourth-order valence-electron chi connectivity index (χ4n) is 4.35. The lowest BCUT2D eigenvalue weighted by atomic mass is 10.1. The lowest BCUT2D eigenvalue weighted by Gasteiger charge is -2.26. The van der Waals surface area contributed by atoms with Gasteiger partial charge in [-0.25, -0.2) is 4.98 Å². The van der Waals surface area contributed by atoms with E-state index in [1.807, 2.05) is 55.4 Å². The van der Waals surface area contributed by atoms with E-state index in [1.54, 1.807) is 16.0 Å². The molecule has 1 N–H and O–H groups in total. The number of nitrogens with one attached hydrogen (secondary N) is 1. The maximum atomic E-state index is 13.5. The topological polar surface area (TPSA) is 63.1 Å². The van der Waals surface area contributed by atoms with Gasteiger partial charge < -0.3 is 5.32 Å². The zero-order chi connectivity index (χ0) is 22.9. The van der Waals surface area contributed by atoms with Gasteiger partial charge in [-0.2, -0.15) is 16.9 Å². The highest BCUT2D eigenvalue weighted by atomic mass is 32.2. The molecule has 0 spiro atoms. The van der Waals surface area contributed by atoms with E-state index in [0.29, 0.717) is 5.56 Å². The lowest BCUT2D eigenvalue weighted by Crippen LogP contribution is -2.31. The molecule has 4 aromatic rings. The van der Waals surface area contributed by atoms with Crippen molar-refractivity contribution in [3.63, 3.8) is 0 Å². The first-order valence-electron chi connectivity index (χ1n) is 11.1. The number of pyridine rings is 1. The van der Waals surface area contributed by atoms with Gasteiger partial charge in [0.1, 0.15) is 0 Å². The van der Waals surface area contributed by atoms with E-state index in [0.717, 1.165) is 58.2 Å². The summed E-state index contributed by atoms with van der Waals surface area (Å²) < 4.78 is 1.75. The third-order valence-corrected chi connectivity index (χ3v) is 7.87. The maximum absolute atomic E-state index is 13.5. The van der Waals surface area contributed by atoms with Gasteiger partial charge in [0.05, 0.1) is 27.2 Å². The normalized spacial score (nSPS) is 14.6. The molecule has 170 valence electrons. The highest BCUT2D eigenvalue weighted by molar-refractivity contribution is 7.99. The molecule has 1 aliphatic rings. The van der Waals surface area contributed by atoms with Crippen molar-refractivity contribution in [2.75, 3.05) is 29.9 Å². The average Bonchev–Trinajstić information content (AvgIpc) is 3.44. The molecule has 1 amide bonds. The third kappa shape index (κ3) is 4.55. The van der Waals surface area contributed by atoms with Crippen LogP contribution in [0.5, 0.6) is 0 Å². The SMILES string of the molecule is Cc1cc(CN2CCSCC2)ccc1NC(=O)c1cc(-c2cccs2)nc2c1c(C)nn2C. The molecule has 1 fully saturated rings. The molecule has 33 heavy (non-hydrogen) atoms. The highest BCUT2D eigenvalue weighted by Crippen LogP contribution is 2.30. The first-order chi connectivity index (χ1) is 16.0. The summed E-state index contributed by atoms with van der Waals surface area (Å²) in [4.78, 5) is 21.8. The van der Waals surface area contributed by atoms with Crippen LogP contribution >= 0.6 is 23.1 Å². The van der Waals surface area contributed by atoms with Gasteiger partial charge in [0.2, 0.25) is 0 Å². The fourth-order valence-corrected chi connectivity index (χ4v) is 6.01. The van der Waals surface area contributed by atoms with Crippen LogP contribution in [0.25, 0.3) is 21.6 Å². The van der Waals surface area contributed by atoms with E-state index in [1.165, 1.54) is 17.1 Å². The molecule has 3 aromatic heterocycles. The average molecular weight is 478 g/mol. The number of aromatic nitrogens is 3. The van der Waals surface area contributed by atoms with Crippen LogP contribution in [-0.4, -0.2) is 50.2 Å². The summed E-state index contributed by atoms with van der Waals surface area (Å²) in [6, 6.07) is 12.2. The van der Waals surface area contributed by atoms with Crippen LogP contribution in [0.3, 0.4) is 0 Å². The summed E-state index contributed by atoms with van der Waals surface area (Å²) in [5.41, 5.74) is 6.10. The van der Waals surface area contributed by atoms with Gasteiger partial charge in [-0.1, -0.05) is 18.2 Å². The second-order valence-corrected chi connectivity index (χ2v) is 10.6. The molecule has 0 bridgehead atoms. The Morgan fingerprint density at radius 2 is 1.97 bits per heavy atom. The molecular formula is C25H27N5OS2. The summed E-state index contributed by atoms with van der Waals surface area (Å²) in [7, 11) is 1.87. The van der Waals surface area contributed by atoms with Crippen molar-refractivity contribution in [2.24, 2.45) is 7.05 Å². The molecule has 0 unspecified atom stereocenters. The Morgan fingerprint density at radius 3 is 2.70 bits per heavy atom. The Balaban J connectivity index is 1.44. The summed E-state index contributed by atoms with van der Waals surface area (Å²) in [6.45, 7) is 7.21. The molecule has 1 aromatic carbocycles. The monoisotopic (exact) mass is 477 g/mol. The minimum Gasteiger partial charge on any atom is -0.322 e. The van der Waals surface area contributed by atoms with Gasteiger partial charge in [0, 0.05) is 43.9 Å². The largest absolute Gasteiger partial charge is 0.322 e. The van der Waals surface area contributed by atoms with E-state index in [-0.39, 0.29) is 5.91 Å². The van der Waals surface area contributed by atoms with E-state index in [9.17, 15) is 4.79 Å². The van der Waals surface area contributed by atoms with Crippen molar-refractivity contribution >= 4 is 45.7 Å². The van der Waals surface area contributed by atoms with Gasteiger partial charge in [-0.15, -0.1) is 11.3 Å². The Bertz CT molecular complexity index is 1310. The molecule has 1 saturated heterocycles. The molecular weight excluding hydrogens is 450 g/mol. The zero-order valence-corrected chi connectivity index (χ0v) is 20.7. The number of aryl methyl sites for hydroxylation is 3. The number of hydrogen-bond acceptors (Lipinski definition) is 6. The molecule has 4 heterocycles. The zero-order valence-electron chi connectivity index (χ0n) is 19.1. The minimum absolute atomic E-state index is 0.139. The predicted octanol–water partition coefficient (Wildman–Crippen LogP) is 5.11. The number of thiophene rings is 1. The number of benzene rings is 1. The number of hydrogen-bond donors (Lipinski definition) is 1. The van der Waals surface area contributed by atoms with E-state index in [4.69, 9.17) is 4.98 Å². The molecule has 0 saturated carbocycles. The summed E-state index contributed by atoms with van der Waals surface area (Å²) in [6.07, 6.45) is 0. The van der Waals surface area contributed by atoms with Crippen molar-refractivity contribution in [1.82, 2.24) is 19.7 Å². The van der Waals surface area contributed by atoms with Crippen molar-refractivity contribution in [3.8, 4) is 10.6 Å². The second kappa shape index (κ2) is 9.29. The number of amides is 1. The Morgan fingerprint density at radius 1 is 1.15 bits per heavy atom. The van der Waals surface area contributed by atoms with Crippen LogP contribution in [0, 0.1) is 13.8 Å². The van der Waals surface area contributed by atoms with Crippen molar-refractivity contribution in [2.45, 2.75) is 20.4 Å². The number of carbonyl (C=O) groups excluding carboxylic acids is 1.